The fourth-order valence-corrected chi connectivity index (χ4v) is 7.63. The van der Waals surface area contributed by atoms with Crippen LogP contribution in [0.25, 0.3) is 84.3 Å². The lowest BCUT2D eigenvalue weighted by Crippen LogP contribution is -2.06. The molecule has 0 spiro atoms. The molecule has 3 heterocycles. The van der Waals surface area contributed by atoms with Gasteiger partial charge in [0.2, 0.25) is 0 Å². The molecule has 1 unspecified atom stereocenters. The van der Waals surface area contributed by atoms with Crippen LogP contribution in [0.1, 0.15) is 13.3 Å². The zero-order valence-electron chi connectivity index (χ0n) is 28.6. The number of allylic oxidation sites excluding steroid dienone is 4. The minimum atomic E-state index is 0.424. The lowest BCUT2D eigenvalue weighted by molar-refractivity contribution is 0.727. The smallest absolute Gasteiger partial charge is 0.145 e. The van der Waals surface area contributed by atoms with Gasteiger partial charge in [-0.05, 0) is 97.3 Å². The summed E-state index contributed by atoms with van der Waals surface area (Å²) in [4.78, 5) is 16.0. The molecule has 6 nitrogen and oxygen atoms in total. The van der Waals surface area contributed by atoms with Crippen LogP contribution in [0.3, 0.4) is 0 Å². The highest BCUT2D eigenvalue weighted by molar-refractivity contribution is 5.91. The van der Waals surface area contributed by atoms with Crippen molar-refractivity contribution in [3.63, 3.8) is 0 Å². The third-order valence-corrected chi connectivity index (χ3v) is 9.97. The van der Waals surface area contributed by atoms with E-state index in [4.69, 9.17) is 15.0 Å². The van der Waals surface area contributed by atoms with Crippen molar-refractivity contribution in [2.75, 3.05) is 0 Å². The summed E-state index contributed by atoms with van der Waals surface area (Å²) in [7, 11) is 0. The Morgan fingerprint density at radius 1 is 0.462 bits per heavy atom. The second-order valence-corrected chi connectivity index (χ2v) is 13.5. The van der Waals surface area contributed by atoms with Gasteiger partial charge in [-0.25, -0.2) is 15.0 Å². The second kappa shape index (κ2) is 12.2. The van der Waals surface area contributed by atoms with E-state index in [-0.39, 0.29) is 0 Å². The van der Waals surface area contributed by atoms with Crippen LogP contribution in [0.4, 0.5) is 0 Å². The topological polar surface area (TPSA) is 53.5 Å². The van der Waals surface area contributed by atoms with Crippen LogP contribution in [-0.2, 0) is 0 Å². The van der Waals surface area contributed by atoms with E-state index in [0.717, 1.165) is 85.1 Å². The van der Waals surface area contributed by atoms with Crippen LogP contribution in [0, 0.1) is 5.92 Å². The number of hydrogen-bond donors (Lipinski definition) is 0. The number of fused-ring (bicyclic) bond motifs is 3. The summed E-state index contributed by atoms with van der Waals surface area (Å²) in [5.74, 6) is 3.03. The Labute approximate surface area is 301 Å². The number of para-hydroxylation sites is 8. The van der Waals surface area contributed by atoms with Crippen molar-refractivity contribution < 1.29 is 0 Å². The average molecular weight is 671 g/mol. The number of hydrogen-bond acceptors (Lipinski definition) is 3. The van der Waals surface area contributed by atoms with Gasteiger partial charge < -0.3 is 0 Å². The van der Waals surface area contributed by atoms with Crippen molar-refractivity contribution in [3.8, 4) is 45.5 Å². The molecule has 0 saturated heterocycles. The molecule has 6 heteroatoms. The lowest BCUT2D eigenvalue weighted by Gasteiger charge is -2.19. The summed E-state index contributed by atoms with van der Waals surface area (Å²) in [6, 6.07) is 52.8. The normalized spacial score (nSPS) is 14.4. The van der Waals surface area contributed by atoms with E-state index in [1.165, 1.54) is 5.70 Å². The molecule has 52 heavy (non-hydrogen) atoms. The van der Waals surface area contributed by atoms with E-state index < -0.39 is 0 Å². The van der Waals surface area contributed by atoms with E-state index in [9.17, 15) is 0 Å². The third-order valence-electron chi connectivity index (χ3n) is 9.97. The van der Waals surface area contributed by atoms with Gasteiger partial charge in [-0.15, -0.1) is 0 Å². The van der Waals surface area contributed by atoms with Crippen molar-refractivity contribution in [1.29, 1.82) is 0 Å². The second-order valence-electron chi connectivity index (χ2n) is 13.5. The highest BCUT2D eigenvalue weighted by Crippen LogP contribution is 2.39. The maximum absolute atomic E-state index is 5.34. The minimum absolute atomic E-state index is 0.424. The van der Waals surface area contributed by atoms with Crippen molar-refractivity contribution >= 4 is 38.8 Å². The van der Waals surface area contributed by atoms with Gasteiger partial charge in [0.1, 0.15) is 17.5 Å². The first-order chi connectivity index (χ1) is 25.7. The van der Waals surface area contributed by atoms with E-state index in [1.807, 2.05) is 12.1 Å². The molecule has 0 fully saturated rings. The first-order valence-electron chi connectivity index (χ1n) is 17.8. The highest BCUT2D eigenvalue weighted by atomic mass is 15.1. The van der Waals surface area contributed by atoms with Gasteiger partial charge in [0, 0.05) is 33.8 Å². The molecule has 248 valence electrons. The Morgan fingerprint density at radius 2 is 0.846 bits per heavy atom. The van der Waals surface area contributed by atoms with Crippen LogP contribution < -0.4 is 0 Å². The highest BCUT2D eigenvalue weighted by Gasteiger charge is 2.23. The summed E-state index contributed by atoms with van der Waals surface area (Å²) < 4.78 is 6.87. The van der Waals surface area contributed by atoms with E-state index in [2.05, 4.69) is 178 Å². The molecule has 0 saturated carbocycles. The maximum Gasteiger partial charge on any atom is 0.145 e. The zero-order valence-corrected chi connectivity index (χ0v) is 28.6. The molecule has 6 aromatic carbocycles. The van der Waals surface area contributed by atoms with Gasteiger partial charge in [-0.2, -0.15) is 0 Å². The molecule has 3 aromatic heterocycles. The average Bonchev–Trinajstić information content (AvgIpc) is 3.90. The fraction of sp³-hybridized carbons (Fsp3) is 0.0652. The Kier molecular flexibility index (Phi) is 7.06. The SMILES string of the molecule is CC1C=CC=C(n2c(-c3cc(-c4nc5ccccc5n4-c4ccccc4)cc(-c4nc5ccccc5n4-c4ccccc4)c3)nc3ccccc32)C1. The molecule has 1 atom stereocenters. The minimum Gasteiger partial charge on any atom is -0.296 e. The molecule has 1 aliphatic carbocycles. The molecule has 0 amide bonds. The van der Waals surface area contributed by atoms with Gasteiger partial charge in [-0.1, -0.05) is 91.9 Å². The van der Waals surface area contributed by atoms with E-state index >= 15 is 0 Å². The monoisotopic (exact) mass is 670 g/mol. The summed E-state index contributed by atoms with van der Waals surface area (Å²) >= 11 is 0. The van der Waals surface area contributed by atoms with Crippen LogP contribution in [-0.4, -0.2) is 28.7 Å². The van der Waals surface area contributed by atoms with Crippen LogP contribution in [0.2, 0.25) is 0 Å². The quantitative estimate of drug-likeness (QED) is 0.177. The molecule has 10 rings (SSSR count). The molecular formula is C46H34N6. The third kappa shape index (κ3) is 4.99. The molecule has 0 bridgehead atoms. The van der Waals surface area contributed by atoms with Crippen LogP contribution >= 0.6 is 0 Å². The standard InChI is InChI=1S/C46H34N6/c1-31-15-14-20-37(27-31)52-43-26-13-10-23-40(43)49-46(52)34-29-32(44-47-38-21-8-11-24-41(38)50(44)35-16-4-2-5-17-35)28-33(30-34)45-48-39-22-9-12-25-42(39)51(45)36-18-6-3-7-19-36/h2-26,28-31H,27H2,1H3. The van der Waals surface area contributed by atoms with Crippen molar-refractivity contribution in [3.05, 3.63) is 170 Å². The first kappa shape index (κ1) is 30.1. The molecular weight excluding hydrogens is 637 g/mol. The Bertz CT molecular complexity index is 2700. The largest absolute Gasteiger partial charge is 0.296 e. The molecule has 9 aromatic rings. The number of rotatable bonds is 6. The number of nitrogens with zero attached hydrogens (tertiary/aromatic N) is 6. The number of aromatic nitrogens is 6. The van der Waals surface area contributed by atoms with Crippen LogP contribution in [0.5, 0.6) is 0 Å². The van der Waals surface area contributed by atoms with Gasteiger partial charge in [0.05, 0.1) is 33.1 Å². The lowest BCUT2D eigenvalue weighted by atomic mass is 9.99. The van der Waals surface area contributed by atoms with Gasteiger partial charge in [0.15, 0.2) is 0 Å². The van der Waals surface area contributed by atoms with Crippen LogP contribution in [0.15, 0.2) is 170 Å². The summed E-state index contributed by atoms with van der Waals surface area (Å²) in [6.07, 6.45) is 7.59. The molecule has 0 aliphatic heterocycles. The fourth-order valence-electron chi connectivity index (χ4n) is 7.63. The zero-order chi connectivity index (χ0) is 34.6. The predicted octanol–water partition coefficient (Wildman–Crippen LogP) is 11.2. The first-order valence-corrected chi connectivity index (χ1v) is 17.8. The number of imidazole rings is 3. The van der Waals surface area contributed by atoms with Crippen molar-refractivity contribution in [2.24, 2.45) is 5.92 Å². The van der Waals surface area contributed by atoms with Crippen molar-refractivity contribution in [1.82, 2.24) is 28.7 Å². The molecule has 1 aliphatic rings. The summed E-state index contributed by atoms with van der Waals surface area (Å²) in [5.41, 5.74) is 12.3. The van der Waals surface area contributed by atoms with Gasteiger partial charge in [-0.3, -0.25) is 13.7 Å². The molecule has 0 radical (unpaired) electrons. The van der Waals surface area contributed by atoms with Gasteiger partial charge >= 0.3 is 0 Å². The maximum atomic E-state index is 5.34. The molecule has 0 N–H and O–H groups in total. The Morgan fingerprint density at radius 3 is 1.29 bits per heavy atom. The summed E-state index contributed by atoms with van der Waals surface area (Å²) in [6.45, 7) is 2.27. The Hall–Kier alpha value is -6.79. The van der Waals surface area contributed by atoms with Gasteiger partial charge in [0.25, 0.3) is 0 Å². The van der Waals surface area contributed by atoms with E-state index in [1.54, 1.807) is 0 Å². The number of benzene rings is 6. The van der Waals surface area contributed by atoms with E-state index in [0.29, 0.717) is 5.92 Å². The Balaban J connectivity index is 1.30. The summed E-state index contributed by atoms with van der Waals surface area (Å²) in [5, 5.41) is 0. The van der Waals surface area contributed by atoms with Crippen molar-refractivity contribution in [2.45, 2.75) is 13.3 Å². The predicted molar refractivity (Wildman–Crippen MR) is 212 cm³/mol.